The molecule has 0 spiro atoms. The molecule has 0 unspecified atom stereocenters. The van der Waals surface area contributed by atoms with E-state index >= 15 is 0 Å². The highest BCUT2D eigenvalue weighted by Gasteiger charge is 2.03. The van der Waals surface area contributed by atoms with Gasteiger partial charge in [0.1, 0.15) is 0 Å². The molecule has 0 heterocycles. The fourth-order valence-corrected chi connectivity index (χ4v) is 1.78. The first-order valence-electron chi connectivity index (χ1n) is 5.85. The summed E-state index contributed by atoms with van der Waals surface area (Å²) in [6.07, 6.45) is 0. The standard InChI is InChI=1S/C15H18N2/c1-13-8-10-14(11-9-13)12-17(16-2)15-6-4-3-5-7-15/h3-11,16H,12H2,1-2H3. The van der Waals surface area contributed by atoms with Crippen molar-refractivity contribution in [2.24, 2.45) is 0 Å². The van der Waals surface area contributed by atoms with Crippen LogP contribution in [0.25, 0.3) is 0 Å². The molecule has 0 radical (unpaired) electrons. The third kappa shape index (κ3) is 3.08. The predicted molar refractivity (Wildman–Crippen MR) is 72.9 cm³/mol. The van der Waals surface area contributed by atoms with Crippen LogP contribution in [0.1, 0.15) is 11.1 Å². The van der Waals surface area contributed by atoms with Crippen LogP contribution in [0.4, 0.5) is 5.69 Å². The third-order valence-electron chi connectivity index (χ3n) is 2.80. The smallest absolute Gasteiger partial charge is 0.0594 e. The summed E-state index contributed by atoms with van der Waals surface area (Å²) in [5, 5.41) is 2.13. The van der Waals surface area contributed by atoms with Crippen LogP contribution in [0.3, 0.4) is 0 Å². The number of hydrazine groups is 1. The normalized spacial score (nSPS) is 10.2. The highest BCUT2D eigenvalue weighted by atomic mass is 15.5. The first-order chi connectivity index (χ1) is 8.29. The van der Waals surface area contributed by atoms with E-state index in [-0.39, 0.29) is 0 Å². The summed E-state index contributed by atoms with van der Waals surface area (Å²) in [5.41, 5.74) is 6.99. The number of rotatable bonds is 4. The maximum absolute atomic E-state index is 3.21. The lowest BCUT2D eigenvalue weighted by Gasteiger charge is -2.23. The molecule has 2 aromatic rings. The molecule has 1 N–H and O–H groups in total. The minimum absolute atomic E-state index is 0.862. The zero-order chi connectivity index (χ0) is 12.1. The number of aryl methyl sites for hydroxylation is 1. The number of para-hydroxylation sites is 1. The summed E-state index contributed by atoms with van der Waals surface area (Å²) < 4.78 is 0. The molecule has 0 aliphatic carbocycles. The fraction of sp³-hybridized carbons (Fsp3) is 0.200. The summed E-state index contributed by atoms with van der Waals surface area (Å²) in [4.78, 5) is 0. The van der Waals surface area contributed by atoms with Crippen molar-refractivity contribution >= 4 is 5.69 Å². The van der Waals surface area contributed by atoms with E-state index in [4.69, 9.17) is 0 Å². The third-order valence-corrected chi connectivity index (χ3v) is 2.80. The lowest BCUT2D eigenvalue weighted by atomic mass is 10.1. The van der Waals surface area contributed by atoms with Gasteiger partial charge in [0, 0.05) is 7.05 Å². The lowest BCUT2D eigenvalue weighted by Crippen LogP contribution is -2.34. The Kier molecular flexibility index (Phi) is 3.78. The summed E-state index contributed by atoms with van der Waals surface area (Å²) in [6, 6.07) is 19.0. The van der Waals surface area contributed by atoms with Crippen LogP contribution >= 0.6 is 0 Å². The van der Waals surface area contributed by atoms with Crippen LogP contribution in [0, 0.1) is 6.92 Å². The van der Waals surface area contributed by atoms with Crippen LogP contribution in [-0.2, 0) is 6.54 Å². The first-order valence-corrected chi connectivity index (χ1v) is 5.85. The van der Waals surface area contributed by atoms with Crippen molar-refractivity contribution in [3.05, 3.63) is 65.7 Å². The number of anilines is 1. The fourth-order valence-electron chi connectivity index (χ4n) is 1.78. The molecule has 17 heavy (non-hydrogen) atoms. The van der Waals surface area contributed by atoms with Gasteiger partial charge in [-0.2, -0.15) is 0 Å². The van der Waals surface area contributed by atoms with Gasteiger partial charge in [-0.05, 0) is 24.6 Å². The molecule has 2 nitrogen and oxygen atoms in total. The number of benzene rings is 2. The Balaban J connectivity index is 2.13. The average Bonchev–Trinajstić information content (AvgIpc) is 2.39. The molecular formula is C15H18N2. The number of hydrogen-bond acceptors (Lipinski definition) is 2. The van der Waals surface area contributed by atoms with Gasteiger partial charge in [0.2, 0.25) is 0 Å². The molecule has 2 aromatic carbocycles. The second kappa shape index (κ2) is 5.51. The Morgan fingerprint density at radius 2 is 1.59 bits per heavy atom. The second-order valence-corrected chi connectivity index (χ2v) is 4.13. The van der Waals surface area contributed by atoms with Gasteiger partial charge in [-0.1, -0.05) is 48.0 Å². The molecule has 0 atom stereocenters. The molecule has 0 aliphatic heterocycles. The molecule has 2 rings (SSSR count). The van der Waals surface area contributed by atoms with E-state index < -0.39 is 0 Å². The van der Waals surface area contributed by atoms with Crippen molar-refractivity contribution in [2.45, 2.75) is 13.5 Å². The van der Waals surface area contributed by atoms with Crippen molar-refractivity contribution in [1.29, 1.82) is 0 Å². The molecule has 2 heteroatoms. The van der Waals surface area contributed by atoms with Crippen molar-refractivity contribution in [3.63, 3.8) is 0 Å². The van der Waals surface area contributed by atoms with Gasteiger partial charge in [0.05, 0.1) is 12.2 Å². The summed E-state index contributed by atoms with van der Waals surface area (Å²) in [6.45, 7) is 2.97. The molecule has 88 valence electrons. The Hall–Kier alpha value is -1.80. The van der Waals surface area contributed by atoms with Gasteiger partial charge in [0.15, 0.2) is 0 Å². The molecule has 0 saturated heterocycles. The summed E-state index contributed by atoms with van der Waals surface area (Å²) in [5.74, 6) is 0. The van der Waals surface area contributed by atoms with E-state index in [1.165, 1.54) is 16.8 Å². The second-order valence-electron chi connectivity index (χ2n) is 4.13. The van der Waals surface area contributed by atoms with Gasteiger partial charge >= 0.3 is 0 Å². The Labute approximate surface area is 103 Å². The maximum atomic E-state index is 3.21. The van der Waals surface area contributed by atoms with Crippen molar-refractivity contribution in [3.8, 4) is 0 Å². The number of hydrogen-bond donors (Lipinski definition) is 1. The van der Waals surface area contributed by atoms with Crippen LogP contribution < -0.4 is 10.4 Å². The van der Waals surface area contributed by atoms with Crippen LogP contribution in [0.15, 0.2) is 54.6 Å². The van der Waals surface area contributed by atoms with Crippen molar-refractivity contribution < 1.29 is 0 Å². The Morgan fingerprint density at radius 3 is 2.18 bits per heavy atom. The zero-order valence-corrected chi connectivity index (χ0v) is 10.4. The minimum Gasteiger partial charge on any atom is -0.304 e. The predicted octanol–water partition coefficient (Wildman–Crippen LogP) is 3.14. The van der Waals surface area contributed by atoms with E-state index in [9.17, 15) is 0 Å². The summed E-state index contributed by atoms with van der Waals surface area (Å²) >= 11 is 0. The van der Waals surface area contributed by atoms with Crippen LogP contribution in [0.2, 0.25) is 0 Å². The van der Waals surface area contributed by atoms with Gasteiger partial charge < -0.3 is 5.01 Å². The molecule has 0 aromatic heterocycles. The quantitative estimate of drug-likeness (QED) is 0.806. The van der Waals surface area contributed by atoms with Crippen LogP contribution in [-0.4, -0.2) is 7.05 Å². The van der Waals surface area contributed by atoms with Gasteiger partial charge in [0.25, 0.3) is 0 Å². The SMILES string of the molecule is CNN(Cc1ccc(C)cc1)c1ccccc1. The van der Waals surface area contributed by atoms with E-state index in [0.717, 1.165) is 6.54 Å². The highest BCUT2D eigenvalue weighted by Crippen LogP contribution is 2.14. The Morgan fingerprint density at radius 1 is 0.941 bits per heavy atom. The molecule has 0 bridgehead atoms. The average molecular weight is 226 g/mol. The molecule has 0 amide bonds. The molecule has 0 saturated carbocycles. The van der Waals surface area contributed by atoms with E-state index in [1.807, 2.05) is 13.1 Å². The van der Waals surface area contributed by atoms with E-state index in [0.29, 0.717) is 0 Å². The number of nitrogens with zero attached hydrogens (tertiary/aromatic N) is 1. The molecule has 0 fully saturated rings. The monoisotopic (exact) mass is 226 g/mol. The first kappa shape index (κ1) is 11.7. The van der Waals surface area contributed by atoms with E-state index in [2.05, 4.69) is 65.9 Å². The minimum atomic E-state index is 0.862. The zero-order valence-electron chi connectivity index (χ0n) is 10.4. The topological polar surface area (TPSA) is 15.3 Å². The highest BCUT2D eigenvalue weighted by molar-refractivity contribution is 5.45. The number of nitrogens with one attached hydrogen (secondary N) is 1. The summed E-state index contributed by atoms with van der Waals surface area (Å²) in [7, 11) is 1.95. The van der Waals surface area contributed by atoms with Crippen LogP contribution in [0.5, 0.6) is 0 Å². The molecule has 0 aliphatic rings. The van der Waals surface area contributed by atoms with Gasteiger partial charge in [-0.25, -0.2) is 5.43 Å². The largest absolute Gasteiger partial charge is 0.304 e. The van der Waals surface area contributed by atoms with E-state index in [1.54, 1.807) is 0 Å². The van der Waals surface area contributed by atoms with Gasteiger partial charge in [-0.3, -0.25) is 0 Å². The molecular weight excluding hydrogens is 208 g/mol. The lowest BCUT2D eigenvalue weighted by molar-refractivity contribution is 0.701. The van der Waals surface area contributed by atoms with Crippen molar-refractivity contribution in [2.75, 3.05) is 12.1 Å². The van der Waals surface area contributed by atoms with Gasteiger partial charge in [-0.15, -0.1) is 0 Å². The maximum Gasteiger partial charge on any atom is 0.0594 e. The Bertz CT molecular complexity index is 448. The van der Waals surface area contributed by atoms with Crippen molar-refractivity contribution in [1.82, 2.24) is 5.43 Å².